The molecule has 7 nitrogen and oxygen atoms in total. The van der Waals surface area contributed by atoms with Crippen molar-refractivity contribution in [2.24, 2.45) is 35.1 Å². The van der Waals surface area contributed by atoms with Gasteiger partial charge in [0, 0.05) is 35.4 Å². The second-order valence-electron chi connectivity index (χ2n) is 11.7. The fraction of sp³-hybridized carbons (Fsp3) is 0.594. The highest BCUT2D eigenvalue weighted by Crippen LogP contribution is 2.43. The van der Waals surface area contributed by atoms with Gasteiger partial charge in [-0.1, -0.05) is 91.8 Å². The summed E-state index contributed by atoms with van der Waals surface area (Å²) in [5.41, 5.74) is 13.3. The van der Waals surface area contributed by atoms with Gasteiger partial charge in [0.25, 0.3) is 0 Å². The highest BCUT2D eigenvalue weighted by atomic mass is 79.9. The molecule has 0 saturated carbocycles. The Hall–Kier alpha value is -1.97. The molecule has 0 spiro atoms. The van der Waals surface area contributed by atoms with Crippen LogP contribution in [0.5, 0.6) is 11.5 Å². The lowest BCUT2D eigenvalue weighted by molar-refractivity contribution is -0.137. The Bertz CT molecular complexity index is 936. The molecule has 1 aliphatic heterocycles. The summed E-state index contributed by atoms with van der Waals surface area (Å²) in [6, 6.07) is 14.5. The number of rotatable bonds is 9. The van der Waals surface area contributed by atoms with Crippen molar-refractivity contribution in [3.05, 3.63) is 59.7 Å². The van der Waals surface area contributed by atoms with Crippen LogP contribution < -0.4 is 16.2 Å². The SMILES string of the molecule is Br.CC(C)C(N)(CCO)C(C)C.CC(C)C(N)(CCO)C(C)C.O=C(O)C1c2ccccc2Oc2ccccc21. The average Bonchev–Trinajstić information content (AvgIpc) is 2.87. The molecule has 0 aliphatic carbocycles. The number of nitrogens with two attached hydrogens (primary N) is 2. The minimum atomic E-state index is -0.854. The standard InChI is InChI=1S/C14H10O3.2C9H21NO.BrH/c15-14(16)13-9-5-1-3-7-11(9)17-12-8-4-2-6-10(12)13;2*1-7(2)9(10,5-6-11)8(3)4;/h1-8,13H,(H,15,16);2*7-8,11H,5-6,10H2,1-4H3;1H. The van der Waals surface area contributed by atoms with E-state index >= 15 is 0 Å². The van der Waals surface area contributed by atoms with Crippen LogP contribution in [0, 0.1) is 23.7 Å². The number of para-hydroxylation sites is 2. The van der Waals surface area contributed by atoms with Crippen LogP contribution in [0.15, 0.2) is 48.5 Å². The fourth-order valence-electron chi connectivity index (χ4n) is 5.05. The van der Waals surface area contributed by atoms with E-state index in [-0.39, 0.29) is 41.3 Å². The molecule has 0 saturated heterocycles. The number of aliphatic carboxylic acids is 1. The van der Waals surface area contributed by atoms with Gasteiger partial charge in [-0.15, -0.1) is 17.0 Å². The van der Waals surface area contributed by atoms with Crippen molar-refractivity contribution < 1.29 is 24.9 Å². The Morgan fingerprint density at radius 3 is 1.25 bits per heavy atom. The molecular weight excluding hydrogens is 572 g/mol. The van der Waals surface area contributed by atoms with E-state index in [1.54, 1.807) is 24.3 Å². The Morgan fingerprint density at radius 1 is 0.725 bits per heavy atom. The molecule has 40 heavy (non-hydrogen) atoms. The predicted octanol–water partition coefficient (Wildman–Crippen LogP) is 6.34. The predicted molar refractivity (Wildman–Crippen MR) is 169 cm³/mol. The molecule has 7 N–H and O–H groups in total. The normalized spacial score (nSPS) is 12.9. The van der Waals surface area contributed by atoms with Gasteiger partial charge < -0.3 is 31.5 Å². The smallest absolute Gasteiger partial charge is 0.315 e. The fourth-order valence-corrected chi connectivity index (χ4v) is 5.05. The van der Waals surface area contributed by atoms with Crippen molar-refractivity contribution in [1.29, 1.82) is 0 Å². The van der Waals surface area contributed by atoms with Crippen LogP contribution in [-0.2, 0) is 4.79 Å². The Morgan fingerprint density at radius 2 is 1.02 bits per heavy atom. The van der Waals surface area contributed by atoms with Gasteiger partial charge in [0.15, 0.2) is 0 Å². The molecule has 2 aromatic carbocycles. The van der Waals surface area contributed by atoms with Crippen LogP contribution in [0.4, 0.5) is 0 Å². The lowest BCUT2D eigenvalue weighted by atomic mass is 9.76. The summed E-state index contributed by atoms with van der Waals surface area (Å²) in [4.78, 5) is 11.4. The summed E-state index contributed by atoms with van der Waals surface area (Å²) in [7, 11) is 0. The minimum absolute atomic E-state index is 0. The number of carbonyl (C=O) groups is 1. The van der Waals surface area contributed by atoms with Gasteiger partial charge >= 0.3 is 5.97 Å². The Labute approximate surface area is 252 Å². The summed E-state index contributed by atoms with van der Waals surface area (Å²) in [5.74, 6) is 1.45. The summed E-state index contributed by atoms with van der Waals surface area (Å²) in [5, 5.41) is 27.0. The first kappa shape index (κ1) is 38.0. The number of carboxylic acid groups (broad SMARTS) is 1. The number of hydrogen-bond donors (Lipinski definition) is 5. The number of benzene rings is 2. The largest absolute Gasteiger partial charge is 0.481 e. The van der Waals surface area contributed by atoms with Crippen LogP contribution in [0.3, 0.4) is 0 Å². The third-order valence-corrected chi connectivity index (χ3v) is 8.32. The number of ether oxygens (including phenoxy) is 1. The molecule has 0 amide bonds. The molecule has 228 valence electrons. The first-order valence-electron chi connectivity index (χ1n) is 14.0. The van der Waals surface area contributed by atoms with Gasteiger partial charge in [-0.25, -0.2) is 0 Å². The lowest BCUT2D eigenvalue weighted by Crippen LogP contribution is -2.50. The summed E-state index contributed by atoms with van der Waals surface area (Å²) in [6.07, 6.45) is 1.39. The molecule has 0 fully saturated rings. The molecule has 3 rings (SSSR count). The molecule has 1 heterocycles. The maximum Gasteiger partial charge on any atom is 0.315 e. The molecule has 0 bridgehead atoms. The van der Waals surface area contributed by atoms with Crippen molar-refractivity contribution in [3.63, 3.8) is 0 Å². The molecule has 0 aromatic heterocycles. The second-order valence-corrected chi connectivity index (χ2v) is 11.7. The number of aliphatic hydroxyl groups is 2. The lowest BCUT2D eigenvalue weighted by Gasteiger charge is -2.37. The average molecular weight is 626 g/mol. The first-order valence-corrected chi connectivity index (χ1v) is 14.0. The van der Waals surface area contributed by atoms with Gasteiger partial charge in [-0.2, -0.15) is 0 Å². The van der Waals surface area contributed by atoms with Crippen LogP contribution in [0.2, 0.25) is 0 Å². The van der Waals surface area contributed by atoms with Crippen molar-refractivity contribution in [2.45, 2.75) is 85.2 Å². The minimum Gasteiger partial charge on any atom is -0.481 e. The molecule has 8 heteroatoms. The van der Waals surface area contributed by atoms with Crippen LogP contribution in [0.1, 0.15) is 85.3 Å². The Balaban J connectivity index is 0.000000591. The molecule has 2 aromatic rings. The molecular formula is C32H53BrN2O5. The van der Waals surface area contributed by atoms with E-state index in [0.29, 0.717) is 59.1 Å². The van der Waals surface area contributed by atoms with Crippen LogP contribution in [0.25, 0.3) is 0 Å². The number of aliphatic hydroxyl groups excluding tert-OH is 2. The van der Waals surface area contributed by atoms with Crippen molar-refractivity contribution in [3.8, 4) is 11.5 Å². The van der Waals surface area contributed by atoms with Gasteiger partial charge in [0.1, 0.15) is 17.4 Å². The van der Waals surface area contributed by atoms with Crippen LogP contribution in [-0.4, -0.2) is 45.6 Å². The Kier molecular flexibility index (Phi) is 16.3. The topological polar surface area (TPSA) is 139 Å². The van der Waals surface area contributed by atoms with Gasteiger partial charge in [-0.05, 0) is 48.6 Å². The van der Waals surface area contributed by atoms with E-state index in [4.69, 9.17) is 26.4 Å². The molecule has 0 radical (unpaired) electrons. The van der Waals surface area contributed by atoms with Gasteiger partial charge in [0.05, 0.1) is 0 Å². The zero-order valence-electron chi connectivity index (χ0n) is 25.6. The second kappa shape index (κ2) is 17.1. The van der Waals surface area contributed by atoms with Gasteiger partial charge in [-0.3, -0.25) is 4.79 Å². The number of carboxylic acids is 1. The van der Waals surface area contributed by atoms with E-state index < -0.39 is 11.9 Å². The van der Waals surface area contributed by atoms with E-state index in [9.17, 15) is 9.90 Å². The number of fused-ring (bicyclic) bond motifs is 2. The zero-order valence-corrected chi connectivity index (χ0v) is 27.3. The summed E-state index contributed by atoms with van der Waals surface area (Å²) < 4.78 is 5.69. The maximum atomic E-state index is 11.4. The van der Waals surface area contributed by atoms with E-state index in [2.05, 4.69) is 55.4 Å². The monoisotopic (exact) mass is 624 g/mol. The summed E-state index contributed by atoms with van der Waals surface area (Å²) >= 11 is 0. The highest BCUT2D eigenvalue weighted by Gasteiger charge is 2.33. The molecule has 0 unspecified atom stereocenters. The van der Waals surface area contributed by atoms with Crippen molar-refractivity contribution in [1.82, 2.24) is 0 Å². The third kappa shape index (κ3) is 9.55. The third-order valence-electron chi connectivity index (χ3n) is 8.32. The van der Waals surface area contributed by atoms with E-state index in [1.165, 1.54) is 0 Å². The highest BCUT2D eigenvalue weighted by molar-refractivity contribution is 8.93. The molecule has 1 aliphatic rings. The van der Waals surface area contributed by atoms with E-state index in [1.807, 2.05) is 24.3 Å². The van der Waals surface area contributed by atoms with Crippen molar-refractivity contribution >= 4 is 23.0 Å². The van der Waals surface area contributed by atoms with Crippen molar-refractivity contribution in [2.75, 3.05) is 13.2 Å². The first-order chi connectivity index (χ1) is 18.2. The molecule has 0 atom stereocenters. The van der Waals surface area contributed by atoms with Gasteiger partial charge in [0.2, 0.25) is 0 Å². The van der Waals surface area contributed by atoms with E-state index in [0.717, 1.165) is 0 Å². The number of halogens is 1. The quantitative estimate of drug-likeness (QED) is 0.219. The summed E-state index contributed by atoms with van der Waals surface area (Å²) in [6.45, 7) is 17.2. The van der Waals surface area contributed by atoms with Crippen LogP contribution >= 0.6 is 17.0 Å². The zero-order chi connectivity index (χ0) is 30.0. The maximum absolute atomic E-state index is 11.4. The number of hydrogen-bond acceptors (Lipinski definition) is 6.